The van der Waals surface area contributed by atoms with Crippen LogP contribution in [0.15, 0.2) is 18.2 Å². The van der Waals surface area contributed by atoms with Gasteiger partial charge in [0, 0.05) is 18.4 Å². The summed E-state index contributed by atoms with van der Waals surface area (Å²) in [5.41, 5.74) is -1.34. The third-order valence-corrected chi connectivity index (χ3v) is 5.67. The van der Waals surface area contributed by atoms with E-state index >= 15 is 0 Å². The molecule has 3 rings (SSSR count). The Hall–Kier alpha value is -3.61. The molecule has 174 valence electrons. The smallest absolute Gasteiger partial charge is 0.343 e. The van der Waals surface area contributed by atoms with Crippen LogP contribution in [-0.2, 0) is 18.0 Å². The maximum atomic E-state index is 13.5. The number of carbonyl (C=O) groups excluding carboxylic acids is 3. The maximum absolute atomic E-state index is 13.5. The van der Waals surface area contributed by atoms with Gasteiger partial charge in [-0.15, -0.1) is 6.42 Å². The van der Waals surface area contributed by atoms with Gasteiger partial charge in [-0.05, 0) is 56.4 Å². The number of aromatic nitrogens is 1. The Morgan fingerprint density at radius 1 is 1.21 bits per heavy atom. The summed E-state index contributed by atoms with van der Waals surface area (Å²) in [6.07, 6.45) is 2.20. The molecular formula is C23H21F4N3O3. The first-order valence-corrected chi connectivity index (χ1v) is 10.0. The fraction of sp³-hybridized carbons (Fsp3) is 0.348. The van der Waals surface area contributed by atoms with Gasteiger partial charge < -0.3 is 15.2 Å². The number of rotatable bonds is 6. The lowest BCUT2D eigenvalue weighted by Gasteiger charge is -2.12. The second-order valence-electron chi connectivity index (χ2n) is 7.92. The molecule has 1 aromatic carbocycles. The number of amides is 2. The van der Waals surface area contributed by atoms with Crippen molar-refractivity contribution in [2.45, 2.75) is 38.9 Å². The third kappa shape index (κ3) is 4.77. The Kier molecular flexibility index (Phi) is 6.36. The lowest BCUT2D eigenvalue weighted by molar-refractivity contribution is -0.139. The van der Waals surface area contributed by atoms with Crippen LogP contribution in [0.4, 0.5) is 23.2 Å². The standard InChI is InChI=1S/C23H21F4N3O3/c1-5-17(13-6-7-13)29-22(33)20(31)18-11(2)19(30(4)12(18)3)21(32)28-14-8-9-16(24)15(10-14)23(25,26)27/h1,8-10,13,17H,6-7H2,2-4H3,(H,28,32)(H,29,33)/t17-/m1/s1. The highest BCUT2D eigenvalue weighted by Gasteiger charge is 2.36. The molecule has 2 amide bonds. The van der Waals surface area contributed by atoms with Gasteiger partial charge in [0.15, 0.2) is 0 Å². The van der Waals surface area contributed by atoms with Crippen LogP contribution in [0, 0.1) is 37.9 Å². The van der Waals surface area contributed by atoms with Gasteiger partial charge in [-0.2, -0.15) is 13.2 Å². The summed E-state index contributed by atoms with van der Waals surface area (Å²) in [6, 6.07) is 1.51. The molecule has 1 aliphatic carbocycles. The molecule has 0 saturated heterocycles. The molecule has 1 saturated carbocycles. The normalized spacial score (nSPS) is 14.4. The van der Waals surface area contributed by atoms with Crippen molar-refractivity contribution in [2.24, 2.45) is 13.0 Å². The highest BCUT2D eigenvalue weighted by Crippen LogP contribution is 2.34. The molecule has 0 unspecified atom stereocenters. The summed E-state index contributed by atoms with van der Waals surface area (Å²) < 4.78 is 53.8. The molecule has 1 aliphatic rings. The van der Waals surface area contributed by atoms with Crippen molar-refractivity contribution in [3.8, 4) is 12.3 Å². The summed E-state index contributed by atoms with van der Waals surface area (Å²) in [6.45, 7) is 2.98. The molecule has 0 radical (unpaired) electrons. The highest BCUT2D eigenvalue weighted by molar-refractivity contribution is 6.43. The Labute approximate surface area is 187 Å². The number of ketones is 1. The summed E-state index contributed by atoms with van der Waals surface area (Å²) in [7, 11) is 1.48. The SMILES string of the molecule is C#C[C@@H](NC(=O)C(=O)c1c(C)c(C(=O)Nc2ccc(F)c(C(F)(F)F)c2)n(C)c1C)C1CC1. The number of carbonyl (C=O) groups is 3. The average molecular weight is 463 g/mol. The Morgan fingerprint density at radius 3 is 2.39 bits per heavy atom. The van der Waals surface area contributed by atoms with E-state index in [4.69, 9.17) is 6.42 Å². The number of alkyl halides is 3. The van der Waals surface area contributed by atoms with E-state index in [0.717, 1.165) is 18.9 Å². The first-order chi connectivity index (χ1) is 15.4. The van der Waals surface area contributed by atoms with E-state index in [0.29, 0.717) is 17.8 Å². The van der Waals surface area contributed by atoms with Crippen LogP contribution in [0.2, 0.25) is 0 Å². The van der Waals surface area contributed by atoms with Crippen molar-refractivity contribution < 1.29 is 31.9 Å². The van der Waals surface area contributed by atoms with Crippen LogP contribution in [0.3, 0.4) is 0 Å². The fourth-order valence-electron chi connectivity index (χ4n) is 3.69. The predicted molar refractivity (Wildman–Crippen MR) is 112 cm³/mol. The summed E-state index contributed by atoms with van der Waals surface area (Å²) in [5, 5.41) is 4.82. The van der Waals surface area contributed by atoms with Crippen LogP contribution in [0.5, 0.6) is 0 Å². The molecule has 0 bridgehead atoms. The summed E-state index contributed by atoms with van der Waals surface area (Å²) in [5.74, 6) is -1.49. The number of hydrogen-bond donors (Lipinski definition) is 2. The van der Waals surface area contributed by atoms with Gasteiger partial charge in [-0.1, -0.05) is 5.92 Å². The van der Waals surface area contributed by atoms with Gasteiger partial charge >= 0.3 is 6.18 Å². The molecule has 1 aromatic heterocycles. The molecule has 1 fully saturated rings. The molecular weight excluding hydrogens is 442 g/mol. The number of benzene rings is 1. The minimum Gasteiger partial charge on any atom is -0.343 e. The van der Waals surface area contributed by atoms with Crippen molar-refractivity contribution in [3.05, 3.63) is 52.1 Å². The summed E-state index contributed by atoms with van der Waals surface area (Å²) >= 11 is 0. The molecule has 1 atom stereocenters. The van der Waals surface area contributed by atoms with Crippen molar-refractivity contribution in [2.75, 3.05) is 5.32 Å². The third-order valence-electron chi connectivity index (χ3n) is 5.67. The van der Waals surface area contributed by atoms with Crippen molar-refractivity contribution in [3.63, 3.8) is 0 Å². The lowest BCUT2D eigenvalue weighted by atomic mass is 10.0. The number of nitrogens with zero attached hydrogens (tertiary/aromatic N) is 1. The van der Waals surface area contributed by atoms with Gasteiger partial charge in [0.05, 0.1) is 17.2 Å². The fourth-order valence-corrected chi connectivity index (χ4v) is 3.69. The van der Waals surface area contributed by atoms with E-state index in [2.05, 4.69) is 16.6 Å². The number of nitrogens with one attached hydrogen (secondary N) is 2. The van der Waals surface area contributed by atoms with E-state index < -0.39 is 41.2 Å². The number of hydrogen-bond acceptors (Lipinski definition) is 3. The van der Waals surface area contributed by atoms with E-state index in [9.17, 15) is 31.9 Å². The van der Waals surface area contributed by atoms with Gasteiger partial charge in [0.2, 0.25) is 0 Å². The Balaban J connectivity index is 1.87. The van der Waals surface area contributed by atoms with Crippen LogP contribution >= 0.6 is 0 Å². The molecule has 33 heavy (non-hydrogen) atoms. The maximum Gasteiger partial charge on any atom is 0.419 e. The van der Waals surface area contributed by atoms with Gasteiger partial charge in [-0.3, -0.25) is 14.4 Å². The Morgan fingerprint density at radius 2 is 1.85 bits per heavy atom. The monoisotopic (exact) mass is 463 g/mol. The number of anilines is 1. The average Bonchev–Trinajstić information content (AvgIpc) is 3.54. The van der Waals surface area contributed by atoms with Crippen LogP contribution in [0.1, 0.15) is 50.5 Å². The second kappa shape index (κ2) is 8.73. The number of halogens is 4. The zero-order chi connectivity index (χ0) is 24.7. The first-order valence-electron chi connectivity index (χ1n) is 10.0. The molecule has 2 aromatic rings. The van der Waals surface area contributed by atoms with Crippen LogP contribution in [-0.4, -0.2) is 28.2 Å². The number of Topliss-reactive ketones (excluding diaryl/α,β-unsaturated/α-hetero) is 1. The molecule has 10 heteroatoms. The van der Waals surface area contributed by atoms with Crippen LogP contribution in [0.25, 0.3) is 0 Å². The zero-order valence-electron chi connectivity index (χ0n) is 18.1. The van der Waals surface area contributed by atoms with E-state index in [1.54, 1.807) is 0 Å². The Bertz CT molecular complexity index is 1190. The van der Waals surface area contributed by atoms with E-state index in [1.165, 1.54) is 25.5 Å². The van der Waals surface area contributed by atoms with E-state index in [-0.39, 0.29) is 28.4 Å². The topological polar surface area (TPSA) is 80.2 Å². The van der Waals surface area contributed by atoms with Gasteiger partial charge in [-0.25, -0.2) is 4.39 Å². The van der Waals surface area contributed by atoms with Crippen molar-refractivity contribution >= 4 is 23.3 Å². The quantitative estimate of drug-likeness (QED) is 0.296. The van der Waals surface area contributed by atoms with E-state index in [1.807, 2.05) is 0 Å². The summed E-state index contributed by atoms with van der Waals surface area (Å²) in [4.78, 5) is 38.1. The minimum absolute atomic E-state index is 0.00167. The lowest BCUT2D eigenvalue weighted by Crippen LogP contribution is -2.40. The molecule has 0 aliphatic heterocycles. The van der Waals surface area contributed by atoms with Gasteiger partial charge in [0.1, 0.15) is 11.5 Å². The van der Waals surface area contributed by atoms with Gasteiger partial charge in [0.25, 0.3) is 17.6 Å². The highest BCUT2D eigenvalue weighted by atomic mass is 19.4. The van der Waals surface area contributed by atoms with Crippen LogP contribution < -0.4 is 10.6 Å². The van der Waals surface area contributed by atoms with Crippen molar-refractivity contribution in [1.82, 2.24) is 9.88 Å². The number of terminal acetylenes is 1. The molecule has 6 nitrogen and oxygen atoms in total. The molecule has 0 spiro atoms. The first kappa shape index (κ1) is 24.0. The predicted octanol–water partition coefficient (Wildman–Crippen LogP) is 3.76. The molecule has 1 heterocycles. The largest absolute Gasteiger partial charge is 0.419 e. The second-order valence-corrected chi connectivity index (χ2v) is 7.92. The molecule has 2 N–H and O–H groups in total. The van der Waals surface area contributed by atoms with Crippen molar-refractivity contribution in [1.29, 1.82) is 0 Å². The zero-order valence-corrected chi connectivity index (χ0v) is 18.1. The minimum atomic E-state index is -4.94.